The predicted octanol–water partition coefficient (Wildman–Crippen LogP) is 3.32. The first-order valence-corrected chi connectivity index (χ1v) is 5.94. The van der Waals surface area contributed by atoms with Crippen molar-refractivity contribution in [3.05, 3.63) is 35.1 Å². The molecular formula is C12H13F4NOS. The van der Waals surface area contributed by atoms with Gasteiger partial charge in [-0.1, -0.05) is 24.4 Å². The molecule has 0 spiro atoms. The first-order chi connectivity index (χ1) is 8.81. The van der Waals surface area contributed by atoms with Gasteiger partial charge in [0.25, 0.3) is 0 Å². The molecule has 7 heteroatoms. The van der Waals surface area contributed by atoms with Crippen molar-refractivity contribution in [2.75, 3.05) is 6.61 Å². The Morgan fingerprint density at radius 3 is 2.58 bits per heavy atom. The molecule has 0 atom stereocenters. The Balaban J connectivity index is 2.46. The van der Waals surface area contributed by atoms with Crippen molar-refractivity contribution < 1.29 is 22.3 Å². The molecule has 1 aromatic rings. The van der Waals surface area contributed by atoms with E-state index in [2.05, 4.69) is 12.2 Å². The number of halogens is 4. The average molecular weight is 295 g/mol. The third kappa shape index (κ3) is 5.52. The number of hydrogen-bond acceptors (Lipinski definition) is 2. The van der Waals surface area contributed by atoms with Crippen LogP contribution in [0.1, 0.15) is 24.0 Å². The van der Waals surface area contributed by atoms with E-state index in [1.54, 1.807) is 6.07 Å². The van der Waals surface area contributed by atoms with Crippen molar-refractivity contribution in [3.63, 3.8) is 0 Å². The maximum absolute atomic E-state index is 13.8. The third-order valence-corrected chi connectivity index (χ3v) is 2.57. The number of rotatable bonds is 6. The second kappa shape index (κ2) is 6.81. The van der Waals surface area contributed by atoms with Crippen LogP contribution in [0.4, 0.5) is 17.6 Å². The van der Waals surface area contributed by atoms with Gasteiger partial charge in [-0.15, -0.1) is 0 Å². The van der Waals surface area contributed by atoms with Crippen molar-refractivity contribution in [3.8, 4) is 0 Å². The third-order valence-electron chi connectivity index (χ3n) is 2.35. The summed E-state index contributed by atoms with van der Waals surface area (Å²) >= 11 is 4.68. The molecule has 2 N–H and O–H groups in total. The smallest absolute Gasteiger partial charge is 0.389 e. The van der Waals surface area contributed by atoms with Crippen molar-refractivity contribution in [2.45, 2.75) is 25.6 Å². The van der Waals surface area contributed by atoms with Gasteiger partial charge in [-0.25, -0.2) is 4.39 Å². The summed E-state index contributed by atoms with van der Waals surface area (Å²) in [5.74, 6) is -0.592. The first kappa shape index (κ1) is 15.8. The molecule has 0 fully saturated rings. The van der Waals surface area contributed by atoms with Crippen LogP contribution in [0.15, 0.2) is 18.2 Å². The van der Waals surface area contributed by atoms with Gasteiger partial charge >= 0.3 is 6.18 Å². The fraction of sp³-hybridized carbons (Fsp3) is 0.417. The SMILES string of the molecule is NC(=S)c1cccc(COCCCC(F)(F)F)c1F. The van der Waals surface area contributed by atoms with Crippen LogP contribution in [0, 0.1) is 5.82 Å². The highest BCUT2D eigenvalue weighted by Crippen LogP contribution is 2.21. The highest BCUT2D eigenvalue weighted by Gasteiger charge is 2.25. The Bertz CT molecular complexity index is 448. The van der Waals surface area contributed by atoms with Gasteiger partial charge in [-0.3, -0.25) is 0 Å². The van der Waals surface area contributed by atoms with Crippen molar-refractivity contribution >= 4 is 17.2 Å². The standard InChI is InChI=1S/C12H13F4NOS/c13-10-8(3-1-4-9(10)11(17)19)7-18-6-2-5-12(14,15)16/h1,3-4H,2,5-7H2,(H2,17,19). The van der Waals surface area contributed by atoms with Crippen LogP contribution in [-0.4, -0.2) is 17.8 Å². The zero-order chi connectivity index (χ0) is 14.5. The summed E-state index contributed by atoms with van der Waals surface area (Å²) in [4.78, 5) is -0.0728. The molecule has 0 unspecified atom stereocenters. The molecule has 2 nitrogen and oxygen atoms in total. The van der Waals surface area contributed by atoms with Crippen molar-refractivity contribution in [2.24, 2.45) is 5.73 Å². The number of ether oxygens (including phenoxy) is 1. The predicted molar refractivity (Wildman–Crippen MR) is 67.2 cm³/mol. The lowest BCUT2D eigenvalue weighted by atomic mass is 10.1. The lowest BCUT2D eigenvalue weighted by Crippen LogP contribution is -2.13. The van der Waals surface area contributed by atoms with Crippen LogP contribution < -0.4 is 5.73 Å². The van der Waals surface area contributed by atoms with Gasteiger partial charge < -0.3 is 10.5 Å². The van der Waals surface area contributed by atoms with Crippen molar-refractivity contribution in [1.82, 2.24) is 0 Å². The van der Waals surface area contributed by atoms with E-state index >= 15 is 0 Å². The van der Waals surface area contributed by atoms with Gasteiger partial charge in [-0.2, -0.15) is 13.2 Å². The van der Waals surface area contributed by atoms with E-state index in [1.807, 2.05) is 0 Å². The van der Waals surface area contributed by atoms with Crippen LogP contribution in [0.25, 0.3) is 0 Å². The van der Waals surface area contributed by atoms with E-state index in [9.17, 15) is 17.6 Å². The molecule has 19 heavy (non-hydrogen) atoms. The minimum Gasteiger partial charge on any atom is -0.389 e. The quantitative estimate of drug-likeness (QED) is 0.497. The molecule has 0 saturated heterocycles. The van der Waals surface area contributed by atoms with E-state index in [0.717, 1.165) is 0 Å². The molecule has 0 radical (unpaired) electrons. The second-order valence-electron chi connectivity index (χ2n) is 3.91. The maximum atomic E-state index is 13.8. The summed E-state index contributed by atoms with van der Waals surface area (Å²) in [6.07, 6.45) is -5.26. The fourth-order valence-corrected chi connectivity index (χ4v) is 1.60. The summed E-state index contributed by atoms with van der Waals surface area (Å²) in [5.41, 5.74) is 5.66. The summed E-state index contributed by atoms with van der Waals surface area (Å²) in [7, 11) is 0. The van der Waals surface area contributed by atoms with Gasteiger partial charge in [0, 0.05) is 24.2 Å². The topological polar surface area (TPSA) is 35.2 Å². The van der Waals surface area contributed by atoms with Gasteiger partial charge in [0.15, 0.2) is 0 Å². The second-order valence-corrected chi connectivity index (χ2v) is 4.35. The molecule has 0 heterocycles. The lowest BCUT2D eigenvalue weighted by Gasteiger charge is -2.09. The molecule has 106 valence electrons. The molecule has 1 rings (SSSR count). The van der Waals surface area contributed by atoms with E-state index in [-0.39, 0.29) is 35.7 Å². The molecule has 0 aromatic heterocycles. The largest absolute Gasteiger partial charge is 0.389 e. The summed E-state index contributed by atoms with van der Waals surface area (Å²) < 4.78 is 54.4. The summed E-state index contributed by atoms with van der Waals surface area (Å²) in [6, 6.07) is 4.47. The first-order valence-electron chi connectivity index (χ1n) is 5.53. The Morgan fingerprint density at radius 1 is 1.32 bits per heavy atom. The number of benzene rings is 1. The zero-order valence-corrected chi connectivity index (χ0v) is 10.8. The Morgan fingerprint density at radius 2 is 2.00 bits per heavy atom. The Hall–Kier alpha value is -1.21. The number of thiocarbonyl (C=S) groups is 1. The molecular weight excluding hydrogens is 282 g/mol. The molecule has 1 aromatic carbocycles. The average Bonchev–Trinajstić information content (AvgIpc) is 2.28. The molecule has 0 aliphatic carbocycles. The minimum atomic E-state index is -4.19. The van der Waals surface area contributed by atoms with Gasteiger partial charge in [0.2, 0.25) is 0 Å². The molecule has 0 amide bonds. The van der Waals surface area contributed by atoms with E-state index in [4.69, 9.17) is 10.5 Å². The van der Waals surface area contributed by atoms with Gasteiger partial charge in [0.05, 0.1) is 6.61 Å². The molecule has 0 aliphatic rings. The lowest BCUT2D eigenvalue weighted by molar-refractivity contribution is -0.138. The fourth-order valence-electron chi connectivity index (χ4n) is 1.44. The van der Waals surface area contributed by atoms with Gasteiger partial charge in [0.1, 0.15) is 10.8 Å². The van der Waals surface area contributed by atoms with Gasteiger partial charge in [-0.05, 0) is 12.5 Å². The van der Waals surface area contributed by atoms with Crippen LogP contribution >= 0.6 is 12.2 Å². The molecule has 0 saturated carbocycles. The number of hydrogen-bond donors (Lipinski definition) is 1. The van der Waals surface area contributed by atoms with Crippen LogP contribution in [0.5, 0.6) is 0 Å². The molecule has 0 aliphatic heterocycles. The van der Waals surface area contributed by atoms with Crippen LogP contribution in [-0.2, 0) is 11.3 Å². The monoisotopic (exact) mass is 295 g/mol. The van der Waals surface area contributed by atoms with E-state index < -0.39 is 18.4 Å². The Labute approximate surface area is 113 Å². The van der Waals surface area contributed by atoms with Crippen LogP contribution in [0.3, 0.4) is 0 Å². The maximum Gasteiger partial charge on any atom is 0.389 e. The Kier molecular flexibility index (Phi) is 5.68. The van der Waals surface area contributed by atoms with E-state index in [1.165, 1.54) is 12.1 Å². The summed E-state index contributed by atoms with van der Waals surface area (Å²) in [6.45, 7) is -0.198. The summed E-state index contributed by atoms with van der Waals surface area (Å²) in [5, 5.41) is 0. The highest BCUT2D eigenvalue weighted by atomic mass is 32.1. The highest BCUT2D eigenvalue weighted by molar-refractivity contribution is 7.80. The number of alkyl halides is 3. The molecule has 0 bridgehead atoms. The zero-order valence-electron chi connectivity index (χ0n) is 9.97. The minimum absolute atomic E-state index is 0.0728. The normalized spacial score (nSPS) is 11.6. The van der Waals surface area contributed by atoms with E-state index in [0.29, 0.717) is 0 Å². The van der Waals surface area contributed by atoms with Crippen molar-refractivity contribution in [1.29, 1.82) is 0 Å². The number of nitrogens with two attached hydrogens (primary N) is 1. The van der Waals surface area contributed by atoms with Crippen LogP contribution in [0.2, 0.25) is 0 Å².